The lowest BCUT2D eigenvalue weighted by Crippen LogP contribution is -2.35. The summed E-state index contributed by atoms with van der Waals surface area (Å²) in [5.74, 6) is -0.104. The summed E-state index contributed by atoms with van der Waals surface area (Å²) in [5, 5.41) is 0. The predicted octanol–water partition coefficient (Wildman–Crippen LogP) is 2.97. The van der Waals surface area contributed by atoms with Crippen LogP contribution < -0.4 is 9.62 Å². The van der Waals surface area contributed by atoms with Crippen molar-refractivity contribution in [2.45, 2.75) is 37.6 Å². The highest BCUT2D eigenvalue weighted by Gasteiger charge is 2.24. The van der Waals surface area contributed by atoms with Crippen LogP contribution >= 0.6 is 0 Å². The molecule has 0 radical (unpaired) electrons. The van der Waals surface area contributed by atoms with E-state index in [9.17, 15) is 13.2 Å². The first kappa shape index (κ1) is 17.6. The molecule has 1 aliphatic rings. The van der Waals surface area contributed by atoms with Crippen LogP contribution in [0.2, 0.25) is 0 Å². The number of carbonyl (C=O) groups excluding carboxylic acids is 1. The van der Waals surface area contributed by atoms with Crippen molar-refractivity contribution in [3.63, 3.8) is 0 Å². The molecule has 25 heavy (non-hydrogen) atoms. The van der Waals surface area contributed by atoms with Gasteiger partial charge in [-0.1, -0.05) is 18.2 Å². The van der Waals surface area contributed by atoms with Crippen molar-refractivity contribution in [2.75, 3.05) is 11.4 Å². The summed E-state index contributed by atoms with van der Waals surface area (Å²) in [6, 6.07) is 13.8. The molecule has 0 saturated heterocycles. The van der Waals surface area contributed by atoms with E-state index < -0.39 is 10.0 Å². The van der Waals surface area contributed by atoms with E-state index in [4.69, 9.17) is 0 Å². The van der Waals surface area contributed by atoms with Crippen LogP contribution in [0.25, 0.3) is 0 Å². The van der Waals surface area contributed by atoms with Crippen molar-refractivity contribution in [3.8, 4) is 0 Å². The SMILES string of the molecule is CC(C)NS(=O)(=O)c1ccc(C(=O)N2CCCc3ccccc32)cc1. The number of benzene rings is 2. The standard InChI is InChI=1S/C19H22N2O3S/c1-14(2)20-25(23,24)17-11-9-16(10-12-17)19(22)21-13-5-7-15-6-3-4-8-18(15)21/h3-4,6,8-12,14,20H,5,7,13H2,1-2H3. The Kier molecular flexibility index (Phi) is 4.92. The fraction of sp³-hybridized carbons (Fsp3) is 0.316. The Labute approximate surface area is 148 Å². The minimum Gasteiger partial charge on any atom is -0.308 e. The third kappa shape index (κ3) is 3.75. The second-order valence-corrected chi connectivity index (χ2v) is 8.20. The van der Waals surface area contributed by atoms with E-state index in [2.05, 4.69) is 4.72 Å². The summed E-state index contributed by atoms with van der Waals surface area (Å²) in [6.45, 7) is 4.21. The van der Waals surface area contributed by atoms with Crippen molar-refractivity contribution in [1.82, 2.24) is 4.72 Å². The molecule has 6 heteroatoms. The number of rotatable bonds is 4. The number of aryl methyl sites for hydroxylation is 1. The number of amides is 1. The van der Waals surface area contributed by atoms with Crippen LogP contribution in [-0.4, -0.2) is 26.9 Å². The van der Waals surface area contributed by atoms with E-state index in [0.29, 0.717) is 12.1 Å². The van der Waals surface area contributed by atoms with Crippen LogP contribution in [0.3, 0.4) is 0 Å². The Morgan fingerprint density at radius 1 is 1.08 bits per heavy atom. The van der Waals surface area contributed by atoms with Gasteiger partial charge in [-0.25, -0.2) is 13.1 Å². The summed E-state index contributed by atoms with van der Waals surface area (Å²) in [7, 11) is -3.55. The molecule has 1 heterocycles. The molecule has 132 valence electrons. The molecule has 0 unspecified atom stereocenters. The number of sulfonamides is 1. The average Bonchev–Trinajstić information content (AvgIpc) is 2.60. The van der Waals surface area contributed by atoms with Gasteiger partial charge in [-0.05, 0) is 62.6 Å². The predicted molar refractivity (Wildman–Crippen MR) is 98.3 cm³/mol. The maximum atomic E-state index is 12.9. The molecule has 5 nitrogen and oxygen atoms in total. The van der Waals surface area contributed by atoms with E-state index in [1.165, 1.54) is 17.7 Å². The second kappa shape index (κ2) is 6.98. The zero-order valence-corrected chi connectivity index (χ0v) is 15.2. The summed E-state index contributed by atoms with van der Waals surface area (Å²) >= 11 is 0. The number of carbonyl (C=O) groups is 1. The molecule has 1 aliphatic heterocycles. The van der Waals surface area contributed by atoms with Crippen LogP contribution in [0.15, 0.2) is 53.4 Å². The van der Waals surface area contributed by atoms with Gasteiger partial charge in [-0.2, -0.15) is 0 Å². The Hall–Kier alpha value is -2.18. The maximum absolute atomic E-state index is 12.9. The van der Waals surface area contributed by atoms with Crippen LogP contribution in [0.4, 0.5) is 5.69 Å². The van der Waals surface area contributed by atoms with Gasteiger partial charge in [0.2, 0.25) is 10.0 Å². The molecule has 0 aliphatic carbocycles. The molecule has 0 bridgehead atoms. The summed E-state index contributed by atoms with van der Waals surface area (Å²) in [4.78, 5) is 14.8. The van der Waals surface area contributed by atoms with E-state index >= 15 is 0 Å². The van der Waals surface area contributed by atoms with E-state index in [-0.39, 0.29) is 16.8 Å². The zero-order valence-electron chi connectivity index (χ0n) is 14.4. The lowest BCUT2D eigenvalue weighted by atomic mass is 10.0. The number of fused-ring (bicyclic) bond motifs is 1. The fourth-order valence-corrected chi connectivity index (χ4v) is 4.31. The Balaban J connectivity index is 1.85. The lowest BCUT2D eigenvalue weighted by molar-refractivity contribution is 0.0985. The van der Waals surface area contributed by atoms with Gasteiger partial charge in [-0.3, -0.25) is 4.79 Å². The van der Waals surface area contributed by atoms with Crippen molar-refractivity contribution in [2.24, 2.45) is 0 Å². The number of hydrogen-bond acceptors (Lipinski definition) is 3. The van der Waals surface area contributed by atoms with Gasteiger partial charge < -0.3 is 4.90 Å². The molecule has 0 atom stereocenters. The molecule has 2 aromatic carbocycles. The first-order chi connectivity index (χ1) is 11.9. The molecular formula is C19H22N2O3S. The van der Waals surface area contributed by atoms with Gasteiger partial charge in [-0.15, -0.1) is 0 Å². The van der Waals surface area contributed by atoms with Crippen molar-refractivity contribution in [1.29, 1.82) is 0 Å². The Morgan fingerprint density at radius 2 is 1.76 bits per heavy atom. The number of hydrogen-bond donors (Lipinski definition) is 1. The highest BCUT2D eigenvalue weighted by molar-refractivity contribution is 7.89. The summed E-state index contributed by atoms with van der Waals surface area (Å²) in [6.07, 6.45) is 1.89. The second-order valence-electron chi connectivity index (χ2n) is 6.49. The van der Waals surface area contributed by atoms with Crippen molar-refractivity contribution < 1.29 is 13.2 Å². The van der Waals surface area contributed by atoms with Crippen LogP contribution in [0.1, 0.15) is 36.2 Å². The zero-order chi connectivity index (χ0) is 18.0. The van der Waals surface area contributed by atoms with E-state index in [1.54, 1.807) is 30.9 Å². The highest BCUT2D eigenvalue weighted by atomic mass is 32.2. The molecule has 3 rings (SSSR count). The highest BCUT2D eigenvalue weighted by Crippen LogP contribution is 2.28. The Morgan fingerprint density at radius 3 is 2.44 bits per heavy atom. The van der Waals surface area contributed by atoms with Gasteiger partial charge in [0.05, 0.1) is 4.90 Å². The first-order valence-corrected chi connectivity index (χ1v) is 9.89. The molecule has 0 fully saturated rings. The van der Waals surface area contributed by atoms with Crippen LogP contribution in [-0.2, 0) is 16.4 Å². The van der Waals surface area contributed by atoms with Crippen LogP contribution in [0, 0.1) is 0 Å². The van der Waals surface area contributed by atoms with Gasteiger partial charge in [0, 0.05) is 23.8 Å². The molecule has 1 amide bonds. The number of nitrogens with zero attached hydrogens (tertiary/aromatic N) is 1. The number of anilines is 1. The quantitative estimate of drug-likeness (QED) is 0.914. The molecular weight excluding hydrogens is 336 g/mol. The topological polar surface area (TPSA) is 66.5 Å². The lowest BCUT2D eigenvalue weighted by Gasteiger charge is -2.29. The molecule has 0 spiro atoms. The smallest absolute Gasteiger partial charge is 0.258 e. The van der Waals surface area contributed by atoms with Gasteiger partial charge in [0.15, 0.2) is 0 Å². The fourth-order valence-electron chi connectivity index (χ4n) is 3.06. The molecule has 0 aromatic heterocycles. The summed E-state index contributed by atoms with van der Waals surface area (Å²) in [5.41, 5.74) is 2.60. The number of nitrogens with one attached hydrogen (secondary N) is 1. The third-order valence-corrected chi connectivity index (χ3v) is 5.83. The number of para-hydroxylation sites is 1. The molecule has 0 saturated carbocycles. The first-order valence-electron chi connectivity index (χ1n) is 8.40. The molecule has 1 N–H and O–H groups in total. The Bertz CT molecular complexity index is 874. The third-order valence-electron chi connectivity index (χ3n) is 4.16. The van der Waals surface area contributed by atoms with E-state index in [0.717, 1.165) is 18.5 Å². The maximum Gasteiger partial charge on any atom is 0.258 e. The largest absolute Gasteiger partial charge is 0.308 e. The average molecular weight is 358 g/mol. The van der Waals surface area contributed by atoms with Gasteiger partial charge >= 0.3 is 0 Å². The minimum absolute atomic E-state index is 0.104. The molecule has 2 aromatic rings. The van der Waals surface area contributed by atoms with Gasteiger partial charge in [0.25, 0.3) is 5.91 Å². The summed E-state index contributed by atoms with van der Waals surface area (Å²) < 4.78 is 26.9. The van der Waals surface area contributed by atoms with Crippen LogP contribution in [0.5, 0.6) is 0 Å². The van der Waals surface area contributed by atoms with Crippen molar-refractivity contribution >= 4 is 21.6 Å². The monoisotopic (exact) mass is 358 g/mol. The van der Waals surface area contributed by atoms with Crippen molar-refractivity contribution in [3.05, 3.63) is 59.7 Å². The van der Waals surface area contributed by atoms with Gasteiger partial charge in [0.1, 0.15) is 0 Å². The normalized spacial score (nSPS) is 14.4. The minimum atomic E-state index is -3.55. The van der Waals surface area contributed by atoms with E-state index in [1.807, 2.05) is 24.3 Å².